The van der Waals surface area contributed by atoms with Gasteiger partial charge in [-0.05, 0) is 53.0 Å². The minimum atomic E-state index is -1.11. The molecule has 0 unspecified atom stereocenters. The molecule has 2 rings (SSSR count). The van der Waals surface area contributed by atoms with Gasteiger partial charge in [0.1, 0.15) is 11.2 Å². The summed E-state index contributed by atoms with van der Waals surface area (Å²) in [5, 5.41) is 2.87. The lowest BCUT2D eigenvalue weighted by Crippen LogP contribution is -2.55. The summed E-state index contributed by atoms with van der Waals surface area (Å²) in [6.07, 6.45) is 0.838. The van der Waals surface area contributed by atoms with E-state index in [4.69, 9.17) is 0 Å². The van der Waals surface area contributed by atoms with Gasteiger partial charge >= 0.3 is 0 Å². The number of carbonyl (C=O) groups is 2. The molecule has 6 nitrogen and oxygen atoms in total. The van der Waals surface area contributed by atoms with Crippen LogP contribution in [0.2, 0.25) is 0 Å². The molecule has 2 amide bonds. The molecule has 1 aliphatic rings. The van der Waals surface area contributed by atoms with Crippen LogP contribution >= 0.6 is 0 Å². The highest BCUT2D eigenvalue weighted by atomic mass is 19.1. The number of piperazine rings is 1. The van der Waals surface area contributed by atoms with Crippen LogP contribution in [0.15, 0.2) is 24.3 Å². The van der Waals surface area contributed by atoms with Gasteiger partial charge in [0.05, 0.1) is 5.69 Å². The Labute approximate surface area is 161 Å². The van der Waals surface area contributed by atoms with Crippen molar-refractivity contribution >= 4 is 17.5 Å². The van der Waals surface area contributed by atoms with Crippen LogP contribution < -0.4 is 10.2 Å². The Hall–Kier alpha value is -2.15. The first kappa shape index (κ1) is 21.2. The van der Waals surface area contributed by atoms with Gasteiger partial charge < -0.3 is 20.0 Å². The Bertz CT molecular complexity index is 655. The Kier molecular flexibility index (Phi) is 7.18. The third-order valence-corrected chi connectivity index (χ3v) is 4.93. The molecule has 150 valence electrons. The number of amides is 2. The van der Waals surface area contributed by atoms with E-state index in [2.05, 4.69) is 10.2 Å². The number of hydrogen-bond donors (Lipinski definition) is 1. The molecule has 1 heterocycles. The molecule has 1 aliphatic heterocycles. The molecule has 1 aromatic carbocycles. The third kappa shape index (κ3) is 5.42. The van der Waals surface area contributed by atoms with Gasteiger partial charge in [0, 0.05) is 32.7 Å². The Morgan fingerprint density at radius 2 is 1.78 bits per heavy atom. The van der Waals surface area contributed by atoms with Gasteiger partial charge in [-0.1, -0.05) is 12.1 Å². The zero-order chi connectivity index (χ0) is 20.0. The molecule has 1 N–H and O–H groups in total. The number of carbonyl (C=O) groups excluding carboxylic acids is 2. The smallest absolute Gasteiger partial charge is 0.237 e. The van der Waals surface area contributed by atoms with Crippen molar-refractivity contribution in [3.05, 3.63) is 30.1 Å². The maximum atomic E-state index is 13.9. The number of nitrogens with zero attached hydrogens (tertiary/aromatic N) is 3. The van der Waals surface area contributed by atoms with Crippen molar-refractivity contribution in [3.63, 3.8) is 0 Å². The topological polar surface area (TPSA) is 55.9 Å². The van der Waals surface area contributed by atoms with Crippen LogP contribution in [0.25, 0.3) is 0 Å². The molecule has 0 bridgehead atoms. The van der Waals surface area contributed by atoms with Crippen LogP contribution in [0.5, 0.6) is 0 Å². The fourth-order valence-corrected chi connectivity index (χ4v) is 3.17. The lowest BCUT2D eigenvalue weighted by molar-refractivity contribution is -0.148. The summed E-state index contributed by atoms with van der Waals surface area (Å²) in [7, 11) is 3.96. The van der Waals surface area contributed by atoms with Crippen molar-refractivity contribution in [2.24, 2.45) is 5.41 Å². The first-order valence-electron chi connectivity index (χ1n) is 9.45. The molecular weight excluding hydrogens is 347 g/mol. The lowest BCUT2D eigenvalue weighted by Gasteiger charge is -2.39. The summed E-state index contributed by atoms with van der Waals surface area (Å²) in [6.45, 7) is 6.82. The van der Waals surface area contributed by atoms with Crippen molar-refractivity contribution in [1.29, 1.82) is 0 Å². The average molecular weight is 378 g/mol. The Balaban J connectivity index is 1.88. The van der Waals surface area contributed by atoms with E-state index < -0.39 is 5.41 Å². The normalized spacial score (nSPS) is 15.2. The van der Waals surface area contributed by atoms with E-state index in [1.165, 1.54) is 6.07 Å². The van der Waals surface area contributed by atoms with E-state index in [1.54, 1.807) is 36.9 Å². The molecule has 0 spiro atoms. The maximum Gasteiger partial charge on any atom is 0.237 e. The molecule has 7 heteroatoms. The van der Waals surface area contributed by atoms with Gasteiger partial charge in [0.25, 0.3) is 0 Å². The minimum Gasteiger partial charge on any atom is -0.366 e. The second-order valence-electron chi connectivity index (χ2n) is 7.77. The molecule has 0 aromatic heterocycles. The van der Waals surface area contributed by atoms with Crippen LogP contribution in [-0.2, 0) is 9.59 Å². The predicted octanol–water partition coefficient (Wildman–Crippen LogP) is 1.57. The van der Waals surface area contributed by atoms with Crippen molar-refractivity contribution in [3.8, 4) is 0 Å². The molecule has 1 aromatic rings. The first-order chi connectivity index (χ1) is 12.7. The number of hydrogen-bond acceptors (Lipinski definition) is 4. The molecule has 0 saturated carbocycles. The van der Waals surface area contributed by atoms with Crippen molar-refractivity contribution in [1.82, 2.24) is 15.1 Å². The van der Waals surface area contributed by atoms with Crippen LogP contribution in [0.1, 0.15) is 20.3 Å². The number of benzene rings is 1. The quantitative estimate of drug-likeness (QED) is 0.578. The summed E-state index contributed by atoms with van der Waals surface area (Å²) < 4.78 is 13.9. The standard InChI is InChI=1S/C20H31FN4O2/c1-20(2,18(26)22-10-7-11-23(3)4)19(27)25-14-12-24(13-15-25)17-9-6-5-8-16(17)21/h5-6,8-9H,7,10-15H2,1-4H3,(H,22,26). The van der Waals surface area contributed by atoms with Crippen molar-refractivity contribution < 1.29 is 14.0 Å². The second-order valence-corrected chi connectivity index (χ2v) is 7.77. The van der Waals surface area contributed by atoms with E-state index in [0.29, 0.717) is 38.4 Å². The van der Waals surface area contributed by atoms with Crippen molar-refractivity contribution in [2.75, 3.05) is 58.3 Å². The second kappa shape index (κ2) is 9.17. The third-order valence-electron chi connectivity index (χ3n) is 4.93. The summed E-state index contributed by atoms with van der Waals surface area (Å²) in [4.78, 5) is 31.1. The number of rotatable bonds is 7. The maximum absolute atomic E-state index is 13.9. The van der Waals surface area contributed by atoms with Gasteiger partial charge in [-0.3, -0.25) is 9.59 Å². The average Bonchev–Trinajstić information content (AvgIpc) is 2.64. The SMILES string of the molecule is CN(C)CCCNC(=O)C(C)(C)C(=O)N1CCN(c2ccccc2F)CC1. The Morgan fingerprint density at radius 1 is 1.15 bits per heavy atom. The highest BCUT2D eigenvalue weighted by molar-refractivity contribution is 6.04. The fraction of sp³-hybridized carbons (Fsp3) is 0.600. The molecule has 27 heavy (non-hydrogen) atoms. The van der Waals surface area contributed by atoms with Gasteiger partial charge in [-0.15, -0.1) is 0 Å². The van der Waals surface area contributed by atoms with Crippen LogP contribution in [0, 0.1) is 11.2 Å². The molecule has 0 aliphatic carbocycles. The van der Waals surface area contributed by atoms with Crippen LogP contribution in [0.3, 0.4) is 0 Å². The number of halogens is 1. The lowest BCUT2D eigenvalue weighted by atomic mass is 9.90. The summed E-state index contributed by atoms with van der Waals surface area (Å²) in [5.41, 5.74) is -0.555. The zero-order valence-corrected chi connectivity index (χ0v) is 16.8. The molecule has 1 saturated heterocycles. The predicted molar refractivity (Wildman–Crippen MR) is 105 cm³/mol. The number of nitrogens with one attached hydrogen (secondary N) is 1. The molecular formula is C20H31FN4O2. The molecule has 1 fully saturated rings. The highest BCUT2D eigenvalue weighted by Gasteiger charge is 2.39. The van der Waals surface area contributed by atoms with Gasteiger partial charge in [-0.2, -0.15) is 0 Å². The summed E-state index contributed by atoms with van der Waals surface area (Å²) in [6, 6.07) is 6.66. The van der Waals surface area contributed by atoms with Gasteiger partial charge in [-0.25, -0.2) is 4.39 Å². The van der Waals surface area contributed by atoms with E-state index >= 15 is 0 Å². The summed E-state index contributed by atoms with van der Waals surface area (Å²) >= 11 is 0. The van der Waals surface area contributed by atoms with E-state index in [0.717, 1.165) is 13.0 Å². The largest absolute Gasteiger partial charge is 0.366 e. The molecule has 0 atom stereocenters. The summed E-state index contributed by atoms with van der Waals surface area (Å²) in [5.74, 6) is -0.682. The van der Waals surface area contributed by atoms with E-state index in [1.807, 2.05) is 19.0 Å². The fourth-order valence-electron chi connectivity index (χ4n) is 3.17. The van der Waals surface area contributed by atoms with Gasteiger partial charge in [0.15, 0.2) is 0 Å². The minimum absolute atomic E-state index is 0.180. The van der Waals surface area contributed by atoms with Crippen LogP contribution in [0.4, 0.5) is 10.1 Å². The molecule has 0 radical (unpaired) electrons. The number of anilines is 1. The van der Waals surface area contributed by atoms with Gasteiger partial charge in [0.2, 0.25) is 11.8 Å². The van der Waals surface area contributed by atoms with Crippen LogP contribution in [-0.4, -0.2) is 75.0 Å². The zero-order valence-electron chi connectivity index (χ0n) is 16.8. The monoisotopic (exact) mass is 378 g/mol. The number of para-hydroxylation sites is 1. The Morgan fingerprint density at radius 3 is 2.37 bits per heavy atom. The van der Waals surface area contributed by atoms with Crippen molar-refractivity contribution in [2.45, 2.75) is 20.3 Å². The van der Waals surface area contributed by atoms with E-state index in [9.17, 15) is 14.0 Å². The highest BCUT2D eigenvalue weighted by Crippen LogP contribution is 2.24. The van der Waals surface area contributed by atoms with E-state index in [-0.39, 0.29) is 17.6 Å². The first-order valence-corrected chi connectivity index (χ1v) is 9.45.